The zero-order chi connectivity index (χ0) is 12.5. The van der Waals surface area contributed by atoms with E-state index in [9.17, 15) is 0 Å². The molecule has 0 amide bonds. The van der Waals surface area contributed by atoms with Crippen molar-refractivity contribution in [2.45, 2.75) is 52.4 Å². The molecule has 3 rings (SSSR count). The third kappa shape index (κ3) is 2.82. The van der Waals surface area contributed by atoms with E-state index in [1.165, 1.54) is 45.2 Å². The second-order valence-electron chi connectivity index (χ2n) is 7.39. The van der Waals surface area contributed by atoms with E-state index in [0.29, 0.717) is 0 Å². The average Bonchev–Trinajstić information content (AvgIpc) is 2.89. The highest BCUT2D eigenvalue weighted by Crippen LogP contribution is 2.47. The van der Waals surface area contributed by atoms with Crippen molar-refractivity contribution in [1.29, 1.82) is 0 Å². The number of hydrogen-bond acceptors (Lipinski definition) is 1. The van der Waals surface area contributed by atoms with Gasteiger partial charge >= 0.3 is 0 Å². The van der Waals surface area contributed by atoms with E-state index >= 15 is 0 Å². The van der Waals surface area contributed by atoms with Crippen molar-refractivity contribution >= 4 is 0 Å². The van der Waals surface area contributed by atoms with Crippen LogP contribution in [-0.4, -0.2) is 13.1 Å². The van der Waals surface area contributed by atoms with Gasteiger partial charge in [0.1, 0.15) is 0 Å². The molecule has 5 atom stereocenters. The van der Waals surface area contributed by atoms with Gasteiger partial charge in [-0.1, -0.05) is 25.0 Å². The summed E-state index contributed by atoms with van der Waals surface area (Å²) in [4.78, 5) is 0. The summed E-state index contributed by atoms with van der Waals surface area (Å²) in [6.07, 6.45) is 11.3. The van der Waals surface area contributed by atoms with Gasteiger partial charge < -0.3 is 5.32 Å². The molecule has 102 valence electrons. The monoisotopic (exact) mass is 247 g/mol. The predicted octanol–water partition coefficient (Wildman–Crippen LogP) is 4.00. The summed E-state index contributed by atoms with van der Waals surface area (Å²) in [7, 11) is 0. The standard InChI is InChI=1S/C17H29N/c1-12-5-13(2)7-15(6-12)10-18-11-17-9-14-3-4-16(17)8-14/h5,12,14-18H,3-4,6-11H2,1-2H3. The molecule has 2 saturated carbocycles. The second-order valence-corrected chi connectivity index (χ2v) is 7.39. The Kier molecular flexibility index (Phi) is 3.79. The zero-order valence-electron chi connectivity index (χ0n) is 12.1. The first-order valence-electron chi connectivity index (χ1n) is 8.08. The average molecular weight is 247 g/mol. The molecule has 3 aliphatic rings. The molecule has 1 heteroatoms. The van der Waals surface area contributed by atoms with Gasteiger partial charge in [0, 0.05) is 0 Å². The first kappa shape index (κ1) is 12.7. The summed E-state index contributed by atoms with van der Waals surface area (Å²) >= 11 is 0. The van der Waals surface area contributed by atoms with E-state index in [4.69, 9.17) is 0 Å². The molecule has 5 unspecified atom stereocenters. The Morgan fingerprint density at radius 2 is 2.06 bits per heavy atom. The summed E-state index contributed by atoms with van der Waals surface area (Å²) in [5.74, 6) is 4.88. The molecule has 18 heavy (non-hydrogen) atoms. The lowest BCUT2D eigenvalue weighted by Gasteiger charge is -2.27. The van der Waals surface area contributed by atoms with Crippen molar-refractivity contribution in [2.24, 2.45) is 29.6 Å². The molecule has 1 N–H and O–H groups in total. The van der Waals surface area contributed by atoms with Crippen LogP contribution in [0.1, 0.15) is 52.4 Å². The Morgan fingerprint density at radius 1 is 1.17 bits per heavy atom. The maximum absolute atomic E-state index is 3.80. The van der Waals surface area contributed by atoms with Crippen molar-refractivity contribution in [1.82, 2.24) is 5.32 Å². The van der Waals surface area contributed by atoms with Gasteiger partial charge in [0.2, 0.25) is 0 Å². The molecule has 0 aromatic rings. The van der Waals surface area contributed by atoms with Crippen molar-refractivity contribution in [3.8, 4) is 0 Å². The van der Waals surface area contributed by atoms with E-state index in [0.717, 1.165) is 29.6 Å². The lowest BCUT2D eigenvalue weighted by molar-refractivity contribution is 0.301. The van der Waals surface area contributed by atoms with Gasteiger partial charge in [-0.25, -0.2) is 0 Å². The van der Waals surface area contributed by atoms with E-state index < -0.39 is 0 Å². The van der Waals surface area contributed by atoms with Crippen LogP contribution in [0.5, 0.6) is 0 Å². The maximum Gasteiger partial charge on any atom is -0.00171 e. The van der Waals surface area contributed by atoms with Crippen molar-refractivity contribution in [3.63, 3.8) is 0 Å². The predicted molar refractivity (Wildman–Crippen MR) is 77.5 cm³/mol. The Morgan fingerprint density at radius 3 is 2.72 bits per heavy atom. The molecular formula is C17H29N. The highest BCUT2D eigenvalue weighted by Gasteiger charge is 2.38. The topological polar surface area (TPSA) is 12.0 Å². The first-order chi connectivity index (χ1) is 8.70. The van der Waals surface area contributed by atoms with Gasteiger partial charge in [0.25, 0.3) is 0 Å². The van der Waals surface area contributed by atoms with E-state index in [1.54, 1.807) is 12.0 Å². The fourth-order valence-electron chi connectivity index (χ4n) is 4.94. The Hall–Kier alpha value is -0.300. The SMILES string of the molecule is CC1=CC(C)CC(CNCC2CC3CCC2C3)C1. The largest absolute Gasteiger partial charge is 0.316 e. The minimum Gasteiger partial charge on any atom is -0.316 e. The summed E-state index contributed by atoms with van der Waals surface area (Å²) in [6.45, 7) is 7.22. The van der Waals surface area contributed by atoms with Gasteiger partial charge in [-0.15, -0.1) is 0 Å². The lowest BCUT2D eigenvalue weighted by Crippen LogP contribution is -2.32. The van der Waals surface area contributed by atoms with Crippen LogP contribution in [0.25, 0.3) is 0 Å². The number of hydrogen-bond donors (Lipinski definition) is 1. The Balaban J connectivity index is 1.39. The molecule has 0 aromatic heterocycles. The normalized spacial score (nSPS) is 43.2. The maximum atomic E-state index is 3.80. The number of allylic oxidation sites excluding steroid dienone is 2. The molecular weight excluding hydrogens is 218 g/mol. The van der Waals surface area contributed by atoms with Crippen LogP contribution in [0, 0.1) is 29.6 Å². The summed E-state index contributed by atoms with van der Waals surface area (Å²) in [5.41, 5.74) is 1.61. The van der Waals surface area contributed by atoms with Crippen LogP contribution >= 0.6 is 0 Å². The molecule has 2 fully saturated rings. The van der Waals surface area contributed by atoms with Crippen LogP contribution in [0.15, 0.2) is 11.6 Å². The molecule has 0 aliphatic heterocycles. The molecule has 2 bridgehead atoms. The van der Waals surface area contributed by atoms with Crippen molar-refractivity contribution < 1.29 is 0 Å². The Bertz CT molecular complexity index is 320. The van der Waals surface area contributed by atoms with Gasteiger partial charge in [-0.05, 0) is 81.7 Å². The van der Waals surface area contributed by atoms with Crippen LogP contribution in [-0.2, 0) is 0 Å². The molecule has 0 radical (unpaired) electrons. The summed E-state index contributed by atoms with van der Waals surface area (Å²) in [6, 6.07) is 0. The zero-order valence-corrected chi connectivity index (χ0v) is 12.1. The molecule has 0 heterocycles. The van der Waals surface area contributed by atoms with Gasteiger partial charge in [0.05, 0.1) is 0 Å². The molecule has 0 spiro atoms. The third-order valence-electron chi connectivity index (χ3n) is 5.61. The summed E-state index contributed by atoms with van der Waals surface area (Å²) in [5, 5.41) is 3.80. The first-order valence-corrected chi connectivity index (χ1v) is 8.08. The fourth-order valence-corrected chi connectivity index (χ4v) is 4.94. The minimum absolute atomic E-state index is 0.799. The smallest absolute Gasteiger partial charge is 0.00171 e. The van der Waals surface area contributed by atoms with E-state index in [-0.39, 0.29) is 0 Å². The molecule has 0 aromatic carbocycles. The highest BCUT2D eigenvalue weighted by molar-refractivity contribution is 5.06. The molecule has 1 nitrogen and oxygen atoms in total. The van der Waals surface area contributed by atoms with Crippen LogP contribution in [0.4, 0.5) is 0 Å². The van der Waals surface area contributed by atoms with Crippen molar-refractivity contribution in [2.75, 3.05) is 13.1 Å². The van der Waals surface area contributed by atoms with Crippen LogP contribution in [0.3, 0.4) is 0 Å². The molecule has 0 saturated heterocycles. The quantitative estimate of drug-likeness (QED) is 0.740. The van der Waals surface area contributed by atoms with Gasteiger partial charge in [-0.2, -0.15) is 0 Å². The van der Waals surface area contributed by atoms with Crippen LogP contribution < -0.4 is 5.32 Å². The molecule has 3 aliphatic carbocycles. The van der Waals surface area contributed by atoms with Crippen molar-refractivity contribution in [3.05, 3.63) is 11.6 Å². The van der Waals surface area contributed by atoms with Crippen LogP contribution in [0.2, 0.25) is 0 Å². The fraction of sp³-hybridized carbons (Fsp3) is 0.882. The van der Waals surface area contributed by atoms with E-state index in [1.807, 2.05) is 0 Å². The minimum atomic E-state index is 0.799. The highest BCUT2D eigenvalue weighted by atomic mass is 14.9. The third-order valence-corrected chi connectivity index (χ3v) is 5.61. The Labute approximate surface area is 112 Å². The van der Waals surface area contributed by atoms with Gasteiger partial charge in [0.15, 0.2) is 0 Å². The summed E-state index contributed by atoms with van der Waals surface area (Å²) < 4.78 is 0. The number of fused-ring (bicyclic) bond motifs is 2. The number of rotatable bonds is 4. The second kappa shape index (κ2) is 5.36. The lowest BCUT2D eigenvalue weighted by atomic mass is 9.83. The number of nitrogens with one attached hydrogen (secondary N) is 1. The van der Waals surface area contributed by atoms with Gasteiger partial charge in [-0.3, -0.25) is 0 Å². The van der Waals surface area contributed by atoms with E-state index in [2.05, 4.69) is 25.2 Å².